The molecule has 0 unspecified atom stereocenters. The van der Waals surface area contributed by atoms with Gasteiger partial charge in [0.2, 0.25) is 0 Å². The number of hydrogen-bond acceptors (Lipinski definition) is 2. The lowest BCUT2D eigenvalue weighted by Crippen LogP contribution is -1.93. The predicted octanol–water partition coefficient (Wildman–Crippen LogP) is 4.01. The minimum atomic E-state index is 0.308. The van der Waals surface area contributed by atoms with Gasteiger partial charge in [-0.15, -0.1) is 10.2 Å². The minimum absolute atomic E-state index is 0.308. The lowest BCUT2D eigenvalue weighted by Gasteiger charge is -2.07. The molecule has 0 fully saturated rings. The Morgan fingerprint density at radius 2 is 1.88 bits per heavy atom. The monoisotopic (exact) mass is 252 g/mol. The van der Waals surface area contributed by atoms with Crippen LogP contribution in [0.25, 0.3) is 11.3 Å². The third-order valence-electron chi connectivity index (χ3n) is 2.37. The molecule has 0 amide bonds. The van der Waals surface area contributed by atoms with Crippen molar-refractivity contribution in [2.75, 3.05) is 0 Å². The summed E-state index contributed by atoms with van der Waals surface area (Å²) in [5, 5.41) is 8.70. The third kappa shape index (κ3) is 2.18. The number of nitrogens with zero attached hydrogens (tertiary/aromatic N) is 2. The first kappa shape index (κ1) is 11.4. The average Bonchev–Trinajstić information content (AvgIpc) is 2.29. The quantitative estimate of drug-likeness (QED) is 0.807. The van der Waals surface area contributed by atoms with E-state index in [0.29, 0.717) is 15.9 Å². The lowest BCUT2D eigenvalue weighted by atomic mass is 10.0. The molecule has 0 saturated heterocycles. The van der Waals surface area contributed by atoms with Crippen molar-refractivity contribution in [3.63, 3.8) is 0 Å². The fraction of sp³-hybridized carbons (Fsp3) is 0.167. The fourth-order valence-electron chi connectivity index (χ4n) is 1.59. The minimum Gasteiger partial charge on any atom is -0.147 e. The Balaban J connectivity index is 2.58. The molecule has 1 aromatic carbocycles. The van der Waals surface area contributed by atoms with Crippen LogP contribution in [0.3, 0.4) is 0 Å². The van der Waals surface area contributed by atoms with E-state index in [0.717, 1.165) is 12.0 Å². The maximum absolute atomic E-state index is 6.11. The summed E-state index contributed by atoms with van der Waals surface area (Å²) in [4.78, 5) is 0. The zero-order chi connectivity index (χ0) is 11.5. The van der Waals surface area contributed by atoms with E-state index in [1.54, 1.807) is 6.07 Å². The molecule has 1 heterocycles. The van der Waals surface area contributed by atoms with Crippen LogP contribution in [0.5, 0.6) is 0 Å². The number of halogens is 2. The summed E-state index contributed by atoms with van der Waals surface area (Å²) in [6.07, 6.45) is 0.927. The number of aryl methyl sites for hydroxylation is 1. The predicted molar refractivity (Wildman–Crippen MR) is 66.9 cm³/mol. The van der Waals surface area contributed by atoms with Gasteiger partial charge in [0.05, 0.1) is 5.02 Å². The molecule has 0 spiro atoms. The standard InChI is InChI=1S/C12H10Cl2N2/c1-2-8-5-3-4-6-9(8)12-10(13)7-11(14)15-16-12/h3-7H,2H2,1H3. The molecule has 16 heavy (non-hydrogen) atoms. The lowest BCUT2D eigenvalue weighted by molar-refractivity contribution is 1.03. The molecule has 0 N–H and O–H groups in total. The van der Waals surface area contributed by atoms with Crippen LogP contribution in [0.15, 0.2) is 30.3 Å². The van der Waals surface area contributed by atoms with Gasteiger partial charge in [-0.05, 0) is 18.1 Å². The summed E-state index contributed by atoms with van der Waals surface area (Å²) in [7, 11) is 0. The van der Waals surface area contributed by atoms with Crippen molar-refractivity contribution in [1.29, 1.82) is 0 Å². The van der Waals surface area contributed by atoms with Crippen LogP contribution in [0.4, 0.5) is 0 Å². The van der Waals surface area contributed by atoms with Crippen LogP contribution in [-0.2, 0) is 6.42 Å². The summed E-state index contributed by atoms with van der Waals surface area (Å²) in [5.41, 5.74) is 2.89. The van der Waals surface area contributed by atoms with Gasteiger partial charge in [-0.1, -0.05) is 54.4 Å². The highest BCUT2D eigenvalue weighted by atomic mass is 35.5. The molecule has 1 aromatic heterocycles. The molecule has 0 radical (unpaired) electrons. The summed E-state index contributed by atoms with van der Waals surface area (Å²) in [6, 6.07) is 9.61. The smallest absolute Gasteiger partial charge is 0.147 e. The van der Waals surface area contributed by atoms with Gasteiger partial charge >= 0.3 is 0 Å². The van der Waals surface area contributed by atoms with Crippen LogP contribution in [0, 0.1) is 0 Å². The summed E-state index contributed by atoms with van der Waals surface area (Å²) in [6.45, 7) is 2.09. The Kier molecular flexibility index (Phi) is 3.42. The van der Waals surface area contributed by atoms with E-state index < -0.39 is 0 Å². The van der Waals surface area contributed by atoms with Gasteiger partial charge in [0.15, 0.2) is 5.15 Å². The molecule has 0 aliphatic carbocycles. The Labute approximate surface area is 104 Å². The second kappa shape index (κ2) is 4.81. The van der Waals surface area contributed by atoms with Crippen molar-refractivity contribution in [3.8, 4) is 11.3 Å². The van der Waals surface area contributed by atoms with E-state index in [2.05, 4.69) is 23.2 Å². The van der Waals surface area contributed by atoms with Crippen molar-refractivity contribution in [2.45, 2.75) is 13.3 Å². The van der Waals surface area contributed by atoms with Gasteiger partial charge in [-0.3, -0.25) is 0 Å². The second-order valence-electron chi connectivity index (χ2n) is 3.37. The van der Waals surface area contributed by atoms with Crippen molar-refractivity contribution in [2.24, 2.45) is 0 Å². The average molecular weight is 253 g/mol. The van der Waals surface area contributed by atoms with Crippen LogP contribution >= 0.6 is 23.2 Å². The molecule has 4 heteroatoms. The number of hydrogen-bond donors (Lipinski definition) is 0. The molecule has 0 saturated carbocycles. The van der Waals surface area contributed by atoms with Crippen molar-refractivity contribution < 1.29 is 0 Å². The molecule has 2 nitrogen and oxygen atoms in total. The highest BCUT2D eigenvalue weighted by molar-refractivity contribution is 6.35. The maximum Gasteiger partial charge on any atom is 0.153 e. The SMILES string of the molecule is CCc1ccccc1-c1nnc(Cl)cc1Cl. The topological polar surface area (TPSA) is 25.8 Å². The largest absolute Gasteiger partial charge is 0.153 e. The third-order valence-corrected chi connectivity index (χ3v) is 2.84. The van der Waals surface area contributed by atoms with Crippen molar-refractivity contribution in [3.05, 3.63) is 46.1 Å². The highest BCUT2D eigenvalue weighted by Crippen LogP contribution is 2.29. The number of benzene rings is 1. The molecule has 0 aliphatic rings. The Hall–Kier alpha value is -1.12. The Morgan fingerprint density at radius 3 is 2.56 bits per heavy atom. The van der Waals surface area contributed by atoms with Crippen LogP contribution in [0.1, 0.15) is 12.5 Å². The van der Waals surface area contributed by atoms with Crippen LogP contribution < -0.4 is 0 Å². The zero-order valence-electron chi connectivity index (χ0n) is 8.74. The summed E-state index contributed by atoms with van der Waals surface area (Å²) >= 11 is 11.8. The van der Waals surface area contributed by atoms with E-state index in [-0.39, 0.29) is 0 Å². The summed E-state index contributed by atoms with van der Waals surface area (Å²) < 4.78 is 0. The zero-order valence-corrected chi connectivity index (χ0v) is 10.3. The molecule has 82 valence electrons. The first-order valence-electron chi connectivity index (χ1n) is 4.99. The van der Waals surface area contributed by atoms with E-state index >= 15 is 0 Å². The normalized spacial score (nSPS) is 10.4. The number of aromatic nitrogens is 2. The first-order valence-corrected chi connectivity index (χ1v) is 5.75. The van der Waals surface area contributed by atoms with Crippen LogP contribution in [0.2, 0.25) is 10.2 Å². The van der Waals surface area contributed by atoms with E-state index in [1.807, 2.05) is 18.2 Å². The second-order valence-corrected chi connectivity index (χ2v) is 4.17. The Morgan fingerprint density at radius 1 is 1.12 bits per heavy atom. The number of rotatable bonds is 2. The molecule has 0 aliphatic heterocycles. The Bertz CT molecular complexity index is 512. The first-order chi connectivity index (χ1) is 7.72. The van der Waals surface area contributed by atoms with Crippen molar-refractivity contribution in [1.82, 2.24) is 10.2 Å². The van der Waals surface area contributed by atoms with Crippen molar-refractivity contribution >= 4 is 23.2 Å². The van der Waals surface area contributed by atoms with E-state index in [1.165, 1.54) is 5.56 Å². The van der Waals surface area contributed by atoms with E-state index in [9.17, 15) is 0 Å². The molecule has 0 atom stereocenters. The fourth-order valence-corrected chi connectivity index (χ4v) is 2.04. The molecular formula is C12H10Cl2N2. The van der Waals surface area contributed by atoms with Gasteiger partial charge in [0.25, 0.3) is 0 Å². The van der Waals surface area contributed by atoms with Gasteiger partial charge in [0, 0.05) is 5.56 Å². The highest BCUT2D eigenvalue weighted by Gasteiger charge is 2.10. The molecule has 2 aromatic rings. The van der Waals surface area contributed by atoms with Gasteiger partial charge in [-0.2, -0.15) is 0 Å². The molecular weight excluding hydrogens is 243 g/mol. The van der Waals surface area contributed by atoms with E-state index in [4.69, 9.17) is 23.2 Å². The maximum atomic E-state index is 6.11. The van der Waals surface area contributed by atoms with Gasteiger partial charge in [0.1, 0.15) is 5.69 Å². The van der Waals surface area contributed by atoms with Crippen LogP contribution in [-0.4, -0.2) is 10.2 Å². The molecule has 0 bridgehead atoms. The van der Waals surface area contributed by atoms with Gasteiger partial charge in [-0.25, -0.2) is 0 Å². The molecule has 2 rings (SSSR count). The van der Waals surface area contributed by atoms with Gasteiger partial charge < -0.3 is 0 Å². The summed E-state index contributed by atoms with van der Waals surface area (Å²) in [5.74, 6) is 0.